The van der Waals surface area contributed by atoms with Gasteiger partial charge in [0, 0.05) is 32.4 Å². The number of para-hydroxylation sites is 1. The Morgan fingerprint density at radius 2 is 1.75 bits per heavy atom. The monoisotopic (exact) mass is 428 g/mol. The number of aryl methyl sites for hydroxylation is 2. The number of halogens is 1. The van der Waals surface area contributed by atoms with E-state index >= 15 is 0 Å². The van der Waals surface area contributed by atoms with Gasteiger partial charge in [-0.05, 0) is 84.8 Å². The van der Waals surface area contributed by atoms with Crippen LogP contribution in [0, 0.1) is 17.4 Å². The van der Waals surface area contributed by atoms with E-state index in [9.17, 15) is 0 Å². The molecule has 0 aliphatic carbocycles. The van der Waals surface area contributed by atoms with Crippen LogP contribution < -0.4 is 0 Å². The van der Waals surface area contributed by atoms with E-state index in [2.05, 4.69) is 96.5 Å². The molecule has 2 nitrogen and oxygen atoms in total. The van der Waals surface area contributed by atoms with Crippen LogP contribution in [0.3, 0.4) is 0 Å². The minimum absolute atomic E-state index is 0.995. The lowest BCUT2D eigenvalue weighted by Gasteiger charge is -2.09. The molecule has 2 aromatic carbocycles. The summed E-state index contributed by atoms with van der Waals surface area (Å²) in [6.45, 7) is 6.46. The molecule has 122 valence electrons. The van der Waals surface area contributed by atoms with Gasteiger partial charge >= 0.3 is 0 Å². The van der Waals surface area contributed by atoms with Crippen molar-refractivity contribution in [2.75, 3.05) is 0 Å². The SMILES string of the molecule is CCc1ccccc1N=Cc1cc(C)n(-c2ccc(I)cc2)c1C. The quantitative estimate of drug-likeness (QED) is 0.358. The number of aliphatic imine (C=N–C) groups is 1. The van der Waals surface area contributed by atoms with E-state index in [0.29, 0.717) is 0 Å². The van der Waals surface area contributed by atoms with Crippen LogP contribution in [0.2, 0.25) is 0 Å². The van der Waals surface area contributed by atoms with Gasteiger partial charge in [-0.25, -0.2) is 0 Å². The molecule has 1 heterocycles. The van der Waals surface area contributed by atoms with Crippen LogP contribution in [0.4, 0.5) is 5.69 Å². The van der Waals surface area contributed by atoms with Gasteiger partial charge in [0.15, 0.2) is 0 Å². The molecule has 1 aromatic heterocycles. The molecule has 0 spiro atoms. The third-order valence-electron chi connectivity index (χ3n) is 4.27. The van der Waals surface area contributed by atoms with Crippen molar-refractivity contribution in [1.82, 2.24) is 4.57 Å². The lowest BCUT2D eigenvalue weighted by Crippen LogP contribution is -1.99. The Kier molecular flexibility index (Phi) is 5.19. The number of rotatable bonds is 4. The molecule has 0 fully saturated rings. The fourth-order valence-corrected chi connectivity index (χ4v) is 3.34. The summed E-state index contributed by atoms with van der Waals surface area (Å²) < 4.78 is 3.53. The zero-order valence-corrected chi connectivity index (χ0v) is 16.4. The predicted molar refractivity (Wildman–Crippen MR) is 111 cm³/mol. The molecule has 0 amide bonds. The molecule has 0 saturated heterocycles. The molecule has 3 aromatic rings. The maximum absolute atomic E-state index is 4.73. The molecule has 24 heavy (non-hydrogen) atoms. The summed E-state index contributed by atoms with van der Waals surface area (Å²) in [5.41, 5.74) is 7.13. The maximum atomic E-state index is 4.73. The van der Waals surface area contributed by atoms with Crippen LogP contribution in [0.5, 0.6) is 0 Å². The van der Waals surface area contributed by atoms with Crippen LogP contribution >= 0.6 is 22.6 Å². The third kappa shape index (κ3) is 3.46. The van der Waals surface area contributed by atoms with Crippen molar-refractivity contribution in [1.29, 1.82) is 0 Å². The van der Waals surface area contributed by atoms with E-state index in [0.717, 1.165) is 17.7 Å². The smallest absolute Gasteiger partial charge is 0.0661 e. The highest BCUT2D eigenvalue weighted by molar-refractivity contribution is 14.1. The standard InChI is InChI=1S/C21H21IN2/c1-4-17-7-5-6-8-21(17)23-14-18-13-15(2)24(16(18)3)20-11-9-19(22)10-12-20/h5-14H,4H2,1-3H3. The first kappa shape index (κ1) is 17.0. The zero-order chi connectivity index (χ0) is 17.1. The maximum Gasteiger partial charge on any atom is 0.0661 e. The van der Waals surface area contributed by atoms with Crippen molar-refractivity contribution in [3.8, 4) is 5.69 Å². The lowest BCUT2D eigenvalue weighted by atomic mass is 10.1. The van der Waals surface area contributed by atoms with Crippen molar-refractivity contribution in [2.24, 2.45) is 4.99 Å². The Labute approximate surface area is 157 Å². The van der Waals surface area contributed by atoms with Gasteiger partial charge in [0.05, 0.1) is 5.69 Å². The number of nitrogens with zero attached hydrogens (tertiary/aromatic N) is 2. The molecule has 3 heteroatoms. The Hall–Kier alpha value is -1.88. The molecular formula is C21H21IN2. The molecule has 0 radical (unpaired) electrons. The highest BCUT2D eigenvalue weighted by Gasteiger charge is 2.09. The average Bonchev–Trinajstić information content (AvgIpc) is 2.88. The van der Waals surface area contributed by atoms with Gasteiger partial charge in [0.1, 0.15) is 0 Å². The van der Waals surface area contributed by atoms with E-state index in [-0.39, 0.29) is 0 Å². The summed E-state index contributed by atoms with van der Waals surface area (Å²) in [5, 5.41) is 0. The van der Waals surface area contributed by atoms with Gasteiger partial charge in [-0.3, -0.25) is 4.99 Å². The van der Waals surface area contributed by atoms with E-state index in [4.69, 9.17) is 4.99 Å². The van der Waals surface area contributed by atoms with Crippen LogP contribution in [-0.2, 0) is 6.42 Å². The van der Waals surface area contributed by atoms with Crippen molar-refractivity contribution in [3.63, 3.8) is 0 Å². The topological polar surface area (TPSA) is 17.3 Å². The summed E-state index contributed by atoms with van der Waals surface area (Å²) >= 11 is 2.33. The minimum atomic E-state index is 0.995. The Morgan fingerprint density at radius 3 is 2.46 bits per heavy atom. The second-order valence-corrected chi connectivity index (χ2v) is 7.12. The summed E-state index contributed by atoms with van der Waals surface area (Å²) in [6, 6.07) is 19.1. The molecule has 3 rings (SSSR count). The summed E-state index contributed by atoms with van der Waals surface area (Å²) in [5.74, 6) is 0. The molecule has 0 aliphatic heterocycles. The van der Waals surface area contributed by atoms with E-state index in [1.54, 1.807) is 0 Å². The fraction of sp³-hybridized carbons (Fsp3) is 0.190. The summed E-state index contributed by atoms with van der Waals surface area (Å²) in [4.78, 5) is 4.73. The number of benzene rings is 2. The summed E-state index contributed by atoms with van der Waals surface area (Å²) in [7, 11) is 0. The van der Waals surface area contributed by atoms with Gasteiger partial charge < -0.3 is 4.57 Å². The van der Waals surface area contributed by atoms with Crippen molar-refractivity contribution < 1.29 is 0 Å². The predicted octanol–water partition coefficient (Wildman–Crippen LogP) is 6.01. The van der Waals surface area contributed by atoms with Gasteiger partial charge in [0.2, 0.25) is 0 Å². The Balaban J connectivity index is 1.97. The molecule has 0 bridgehead atoms. The normalized spacial score (nSPS) is 11.3. The van der Waals surface area contributed by atoms with Gasteiger partial charge in [-0.1, -0.05) is 25.1 Å². The Morgan fingerprint density at radius 1 is 1.04 bits per heavy atom. The van der Waals surface area contributed by atoms with E-state index < -0.39 is 0 Å². The van der Waals surface area contributed by atoms with E-state index in [1.807, 2.05) is 12.3 Å². The van der Waals surface area contributed by atoms with Gasteiger partial charge in [0.25, 0.3) is 0 Å². The highest BCUT2D eigenvalue weighted by Crippen LogP contribution is 2.23. The first-order valence-corrected chi connectivity index (χ1v) is 9.25. The lowest BCUT2D eigenvalue weighted by molar-refractivity contribution is 0.964. The van der Waals surface area contributed by atoms with Crippen LogP contribution in [0.15, 0.2) is 59.6 Å². The first-order valence-electron chi connectivity index (χ1n) is 8.17. The fourth-order valence-electron chi connectivity index (χ4n) is 2.98. The number of hydrogen-bond donors (Lipinski definition) is 0. The first-order chi connectivity index (χ1) is 11.6. The van der Waals surface area contributed by atoms with Crippen LogP contribution in [0.1, 0.15) is 29.4 Å². The van der Waals surface area contributed by atoms with E-state index in [1.165, 1.54) is 26.2 Å². The highest BCUT2D eigenvalue weighted by atomic mass is 127. The number of hydrogen-bond acceptors (Lipinski definition) is 1. The largest absolute Gasteiger partial charge is 0.318 e. The minimum Gasteiger partial charge on any atom is -0.318 e. The second kappa shape index (κ2) is 7.34. The van der Waals surface area contributed by atoms with Crippen LogP contribution in [-0.4, -0.2) is 10.8 Å². The number of aromatic nitrogens is 1. The Bertz CT molecular complexity index is 873. The van der Waals surface area contributed by atoms with Gasteiger partial charge in [-0.2, -0.15) is 0 Å². The van der Waals surface area contributed by atoms with Gasteiger partial charge in [-0.15, -0.1) is 0 Å². The molecule has 0 unspecified atom stereocenters. The van der Waals surface area contributed by atoms with Crippen LogP contribution in [0.25, 0.3) is 5.69 Å². The van der Waals surface area contributed by atoms with Crippen molar-refractivity contribution in [2.45, 2.75) is 27.2 Å². The van der Waals surface area contributed by atoms with Crippen molar-refractivity contribution in [3.05, 3.63) is 80.7 Å². The molecule has 0 atom stereocenters. The molecular weight excluding hydrogens is 407 g/mol. The molecule has 0 N–H and O–H groups in total. The second-order valence-electron chi connectivity index (χ2n) is 5.88. The third-order valence-corrected chi connectivity index (χ3v) is 4.99. The average molecular weight is 428 g/mol. The molecule has 0 aliphatic rings. The summed E-state index contributed by atoms with van der Waals surface area (Å²) in [6.07, 6.45) is 2.98. The zero-order valence-electron chi connectivity index (χ0n) is 14.3. The molecule has 0 saturated carbocycles. The van der Waals surface area contributed by atoms with Crippen molar-refractivity contribution >= 4 is 34.5 Å².